The van der Waals surface area contributed by atoms with E-state index in [1.54, 1.807) is 11.9 Å². The molecule has 1 aromatic carbocycles. The van der Waals surface area contributed by atoms with E-state index in [2.05, 4.69) is 9.97 Å². The lowest BCUT2D eigenvalue weighted by Crippen LogP contribution is -2.44. The molecule has 2 atom stereocenters. The van der Waals surface area contributed by atoms with Crippen molar-refractivity contribution in [2.45, 2.75) is 37.9 Å². The van der Waals surface area contributed by atoms with Gasteiger partial charge in [0.25, 0.3) is 5.56 Å². The van der Waals surface area contributed by atoms with Crippen LogP contribution in [-0.2, 0) is 10.5 Å². The Kier molecular flexibility index (Phi) is 6.24. The maximum Gasteiger partial charge on any atom is 0.259 e. The van der Waals surface area contributed by atoms with E-state index in [9.17, 15) is 9.59 Å². The van der Waals surface area contributed by atoms with Crippen molar-refractivity contribution in [2.75, 3.05) is 20.2 Å². The molecule has 0 spiro atoms. The molecule has 1 amide bonds. The van der Waals surface area contributed by atoms with Gasteiger partial charge in [-0.2, -0.15) is 0 Å². The lowest BCUT2D eigenvalue weighted by atomic mass is 10.2. The van der Waals surface area contributed by atoms with Crippen molar-refractivity contribution in [2.24, 2.45) is 0 Å². The van der Waals surface area contributed by atoms with Gasteiger partial charge in [0.05, 0.1) is 22.9 Å². The number of nitrogens with one attached hydrogen (secondary N) is 1. The predicted octanol–water partition coefficient (Wildman–Crippen LogP) is 3.52. The zero-order valence-electron chi connectivity index (χ0n) is 17.9. The summed E-state index contributed by atoms with van der Waals surface area (Å²) < 4.78 is 11.7. The van der Waals surface area contributed by atoms with Gasteiger partial charge < -0.3 is 19.4 Å². The minimum atomic E-state index is -0.283. The Hall–Kier alpha value is -2.52. The van der Waals surface area contributed by atoms with Crippen LogP contribution in [0.1, 0.15) is 23.2 Å². The van der Waals surface area contributed by atoms with Crippen LogP contribution < -0.4 is 15.0 Å². The molecule has 3 aromatic rings. The SMILES string of the molecule is Cc1sc2nc(CSC(C)C(=O)N(C)CC3COc4ccccc4O3)[nH]c(=O)c2c1C. The summed E-state index contributed by atoms with van der Waals surface area (Å²) in [6.07, 6.45) is -0.216. The molecule has 2 aromatic heterocycles. The second-order valence-electron chi connectivity index (χ2n) is 7.65. The molecule has 7 nitrogen and oxygen atoms in total. The van der Waals surface area contributed by atoms with E-state index in [0.29, 0.717) is 35.9 Å². The van der Waals surface area contributed by atoms with Gasteiger partial charge in [-0.15, -0.1) is 23.1 Å². The van der Waals surface area contributed by atoms with Crippen LogP contribution in [0.5, 0.6) is 11.5 Å². The topological polar surface area (TPSA) is 84.5 Å². The summed E-state index contributed by atoms with van der Waals surface area (Å²) in [5.41, 5.74) is 0.864. The van der Waals surface area contributed by atoms with Crippen molar-refractivity contribution in [3.05, 3.63) is 50.9 Å². The lowest BCUT2D eigenvalue weighted by molar-refractivity contribution is -0.130. The third-order valence-electron chi connectivity index (χ3n) is 5.33. The van der Waals surface area contributed by atoms with Gasteiger partial charge in [0.15, 0.2) is 17.6 Å². The summed E-state index contributed by atoms with van der Waals surface area (Å²) in [6, 6.07) is 7.53. The number of hydrogen-bond donors (Lipinski definition) is 1. The van der Waals surface area contributed by atoms with Crippen molar-refractivity contribution in [3.63, 3.8) is 0 Å². The number of thioether (sulfide) groups is 1. The van der Waals surface area contributed by atoms with Crippen LogP contribution in [0.3, 0.4) is 0 Å². The molecule has 0 saturated carbocycles. The molecule has 1 aliphatic heterocycles. The maximum atomic E-state index is 12.8. The molecule has 0 aliphatic carbocycles. The van der Waals surface area contributed by atoms with E-state index in [4.69, 9.17) is 9.47 Å². The zero-order valence-corrected chi connectivity index (χ0v) is 19.6. The molecule has 4 rings (SSSR count). The zero-order chi connectivity index (χ0) is 22.1. The number of H-pyrrole nitrogens is 1. The van der Waals surface area contributed by atoms with Crippen LogP contribution in [0.25, 0.3) is 10.2 Å². The Balaban J connectivity index is 1.34. The lowest BCUT2D eigenvalue weighted by Gasteiger charge is -2.30. The molecule has 164 valence electrons. The molecule has 1 aliphatic rings. The number of ether oxygens (including phenoxy) is 2. The van der Waals surface area contributed by atoms with Gasteiger partial charge in [-0.25, -0.2) is 4.98 Å². The Bertz CT molecular complexity index is 1170. The highest BCUT2D eigenvalue weighted by Crippen LogP contribution is 2.31. The molecular weight excluding hydrogens is 434 g/mol. The fourth-order valence-corrected chi connectivity index (χ4v) is 5.42. The third kappa shape index (κ3) is 4.57. The summed E-state index contributed by atoms with van der Waals surface area (Å²) in [7, 11) is 1.77. The minimum absolute atomic E-state index is 0.00121. The van der Waals surface area contributed by atoms with Crippen molar-refractivity contribution >= 4 is 39.2 Å². The Morgan fingerprint density at radius 3 is 2.87 bits per heavy atom. The van der Waals surface area contributed by atoms with E-state index in [0.717, 1.165) is 21.0 Å². The molecule has 1 N–H and O–H groups in total. The third-order valence-corrected chi connectivity index (χ3v) is 7.57. The number of carbonyl (C=O) groups is 1. The maximum absolute atomic E-state index is 12.8. The van der Waals surface area contributed by atoms with Crippen LogP contribution in [-0.4, -0.2) is 52.3 Å². The first-order valence-electron chi connectivity index (χ1n) is 10.1. The van der Waals surface area contributed by atoms with E-state index in [1.807, 2.05) is 45.0 Å². The number of likely N-dealkylation sites (N-methyl/N-ethyl adjacent to an activating group) is 1. The molecule has 3 heterocycles. The normalized spacial score (nSPS) is 16.3. The second-order valence-corrected chi connectivity index (χ2v) is 10.2. The first-order chi connectivity index (χ1) is 14.8. The average molecular weight is 460 g/mol. The van der Waals surface area contributed by atoms with Crippen molar-refractivity contribution in [3.8, 4) is 11.5 Å². The van der Waals surface area contributed by atoms with E-state index in [-0.39, 0.29) is 22.8 Å². The van der Waals surface area contributed by atoms with Crippen LogP contribution in [0.2, 0.25) is 0 Å². The van der Waals surface area contributed by atoms with Crippen LogP contribution >= 0.6 is 23.1 Å². The number of thiophene rings is 1. The fraction of sp³-hybridized carbons (Fsp3) is 0.409. The largest absolute Gasteiger partial charge is 0.486 e. The van der Waals surface area contributed by atoms with Gasteiger partial charge in [-0.3, -0.25) is 9.59 Å². The number of aromatic amines is 1. The number of hydrogen-bond acceptors (Lipinski definition) is 7. The molecule has 0 saturated heterocycles. The molecule has 0 fully saturated rings. The number of carbonyl (C=O) groups excluding carboxylic acids is 1. The first-order valence-corrected chi connectivity index (χ1v) is 11.9. The fourth-order valence-electron chi connectivity index (χ4n) is 3.50. The van der Waals surface area contributed by atoms with Crippen molar-refractivity contribution < 1.29 is 14.3 Å². The highest BCUT2D eigenvalue weighted by atomic mass is 32.2. The van der Waals surface area contributed by atoms with Crippen molar-refractivity contribution in [1.82, 2.24) is 14.9 Å². The molecule has 2 unspecified atom stereocenters. The van der Waals surface area contributed by atoms with E-state index >= 15 is 0 Å². The number of rotatable bonds is 6. The number of amides is 1. The van der Waals surface area contributed by atoms with Gasteiger partial charge in [-0.1, -0.05) is 12.1 Å². The Morgan fingerprint density at radius 1 is 1.35 bits per heavy atom. The Labute approximate surface area is 188 Å². The van der Waals surface area contributed by atoms with Gasteiger partial charge in [0, 0.05) is 11.9 Å². The summed E-state index contributed by atoms with van der Waals surface area (Å²) in [5, 5.41) is 0.381. The minimum Gasteiger partial charge on any atom is -0.486 e. The average Bonchev–Trinajstić information content (AvgIpc) is 3.05. The number of para-hydroxylation sites is 2. The molecular formula is C22H25N3O4S2. The van der Waals surface area contributed by atoms with Crippen LogP contribution in [0.15, 0.2) is 29.1 Å². The molecule has 31 heavy (non-hydrogen) atoms. The number of aromatic nitrogens is 2. The monoisotopic (exact) mass is 459 g/mol. The Morgan fingerprint density at radius 2 is 2.10 bits per heavy atom. The van der Waals surface area contributed by atoms with Crippen LogP contribution in [0.4, 0.5) is 0 Å². The van der Waals surface area contributed by atoms with Crippen molar-refractivity contribution in [1.29, 1.82) is 0 Å². The quantitative estimate of drug-likeness (QED) is 0.607. The van der Waals surface area contributed by atoms with Gasteiger partial charge in [0.2, 0.25) is 5.91 Å². The highest BCUT2D eigenvalue weighted by molar-refractivity contribution is 7.99. The first kappa shape index (κ1) is 21.7. The number of fused-ring (bicyclic) bond motifs is 2. The van der Waals surface area contributed by atoms with Gasteiger partial charge in [-0.05, 0) is 38.5 Å². The van der Waals surface area contributed by atoms with Gasteiger partial charge in [0.1, 0.15) is 17.3 Å². The number of aryl methyl sites for hydroxylation is 2. The summed E-state index contributed by atoms with van der Waals surface area (Å²) in [6.45, 7) is 6.64. The van der Waals surface area contributed by atoms with Gasteiger partial charge >= 0.3 is 0 Å². The second kappa shape index (κ2) is 8.92. The smallest absolute Gasteiger partial charge is 0.259 e. The van der Waals surface area contributed by atoms with Crippen LogP contribution in [0, 0.1) is 13.8 Å². The van der Waals surface area contributed by atoms with E-state index < -0.39 is 0 Å². The number of nitrogens with zero attached hydrogens (tertiary/aromatic N) is 2. The number of benzene rings is 1. The molecule has 0 radical (unpaired) electrons. The van der Waals surface area contributed by atoms with E-state index in [1.165, 1.54) is 23.1 Å². The summed E-state index contributed by atoms with van der Waals surface area (Å²) >= 11 is 2.98. The predicted molar refractivity (Wildman–Crippen MR) is 124 cm³/mol. The summed E-state index contributed by atoms with van der Waals surface area (Å²) in [4.78, 5) is 36.2. The standard InChI is InChI=1S/C22H25N3O4S2/c1-12-13(2)31-21-19(12)20(26)23-18(24-21)11-30-14(3)22(27)25(4)9-15-10-28-16-7-5-6-8-17(16)29-15/h5-8,14-15H,9-11H2,1-4H3,(H,23,24,26). The summed E-state index contributed by atoms with van der Waals surface area (Å²) in [5.74, 6) is 2.47. The molecule has 0 bridgehead atoms. The highest BCUT2D eigenvalue weighted by Gasteiger charge is 2.26. The molecule has 9 heteroatoms.